The second-order valence-corrected chi connectivity index (χ2v) is 6.09. The number of H-pyrrole nitrogens is 1. The minimum atomic E-state index is -4.52. The van der Waals surface area contributed by atoms with Crippen molar-refractivity contribution in [1.82, 2.24) is 9.38 Å². The fraction of sp³-hybridized carbons (Fsp3) is 0.263. The minimum Gasteiger partial charge on any atom is -0.463 e. The van der Waals surface area contributed by atoms with Crippen molar-refractivity contribution in [2.75, 3.05) is 6.61 Å². The topological polar surface area (TPSA) is 63.6 Å². The quantitative estimate of drug-likeness (QED) is 0.554. The summed E-state index contributed by atoms with van der Waals surface area (Å²) in [5.74, 6) is -0.544. The largest absolute Gasteiger partial charge is 0.463 e. The highest BCUT2D eigenvalue weighted by atomic mass is 19.4. The van der Waals surface area contributed by atoms with E-state index in [1.165, 1.54) is 18.2 Å². The van der Waals surface area contributed by atoms with E-state index in [1.807, 2.05) is 0 Å². The maximum atomic E-state index is 13.0. The van der Waals surface area contributed by atoms with Gasteiger partial charge >= 0.3 is 12.1 Å². The Hall–Kier alpha value is -3.03. The van der Waals surface area contributed by atoms with Gasteiger partial charge in [-0.05, 0) is 56.2 Å². The summed E-state index contributed by atoms with van der Waals surface area (Å²) in [6.07, 6.45) is -1.78. The Balaban J connectivity index is 2.34. The van der Waals surface area contributed by atoms with Crippen molar-refractivity contribution in [2.24, 2.45) is 0 Å². The van der Waals surface area contributed by atoms with Crippen molar-refractivity contribution in [2.45, 2.75) is 26.9 Å². The van der Waals surface area contributed by atoms with E-state index in [0.29, 0.717) is 22.3 Å². The lowest BCUT2D eigenvalue weighted by Gasteiger charge is -2.10. The number of ether oxygens (including phenoxy) is 1. The number of aromatic amines is 1. The van der Waals surface area contributed by atoms with Gasteiger partial charge in [-0.1, -0.05) is 0 Å². The Morgan fingerprint density at radius 3 is 2.59 bits per heavy atom. The summed E-state index contributed by atoms with van der Waals surface area (Å²) in [6, 6.07) is 3.17. The molecule has 142 valence electrons. The van der Waals surface area contributed by atoms with Gasteiger partial charge in [0.2, 0.25) is 0 Å². The van der Waals surface area contributed by atoms with Gasteiger partial charge in [0, 0.05) is 11.8 Å². The zero-order valence-electron chi connectivity index (χ0n) is 14.9. The van der Waals surface area contributed by atoms with Crippen molar-refractivity contribution >= 4 is 28.6 Å². The lowest BCUT2D eigenvalue weighted by atomic mass is 10.1. The number of hydrogen-bond donors (Lipinski definition) is 1. The molecule has 0 aliphatic carbocycles. The molecule has 0 atom stereocenters. The van der Waals surface area contributed by atoms with E-state index in [2.05, 4.69) is 4.98 Å². The summed E-state index contributed by atoms with van der Waals surface area (Å²) in [7, 11) is 0. The Morgan fingerprint density at radius 2 is 1.96 bits per heavy atom. The maximum absolute atomic E-state index is 13.0. The Kier molecular flexibility index (Phi) is 4.59. The van der Waals surface area contributed by atoms with Crippen LogP contribution in [0.2, 0.25) is 0 Å². The third-order valence-electron chi connectivity index (χ3n) is 4.46. The molecule has 2 aromatic heterocycles. The number of alkyl halides is 3. The number of nitrogens with zero attached hydrogens (tertiary/aromatic N) is 1. The van der Waals surface area contributed by atoms with Crippen LogP contribution in [0.3, 0.4) is 0 Å². The number of halogens is 3. The molecule has 5 nitrogen and oxygen atoms in total. The van der Waals surface area contributed by atoms with Gasteiger partial charge in [-0.3, -0.25) is 4.79 Å². The van der Waals surface area contributed by atoms with E-state index in [1.54, 1.807) is 25.2 Å². The Labute approximate surface area is 152 Å². The summed E-state index contributed by atoms with van der Waals surface area (Å²) < 4.78 is 45.4. The molecular weight excluding hydrogens is 361 g/mol. The zero-order valence-corrected chi connectivity index (χ0v) is 14.9. The molecule has 0 aliphatic heterocycles. The van der Waals surface area contributed by atoms with Crippen LogP contribution in [-0.4, -0.2) is 22.0 Å². The molecule has 0 radical (unpaired) electrons. The first kappa shape index (κ1) is 18.8. The number of aromatic nitrogens is 2. The van der Waals surface area contributed by atoms with E-state index in [-0.39, 0.29) is 12.1 Å². The van der Waals surface area contributed by atoms with Crippen molar-refractivity contribution < 1.29 is 22.7 Å². The number of hydrogen-bond acceptors (Lipinski definition) is 3. The molecule has 3 aromatic rings. The number of rotatable bonds is 3. The van der Waals surface area contributed by atoms with E-state index < -0.39 is 23.3 Å². The predicted octanol–water partition coefficient (Wildman–Crippen LogP) is 3.99. The predicted molar refractivity (Wildman–Crippen MR) is 95.7 cm³/mol. The standard InChI is InChI=1S/C19H17F3N2O3/c1-4-27-16(25)8-7-14-10(2)11(3)17-18(26)23-13-9-12(19(20,21)22)5-6-15(13)24(14)17/h5-9H,4H2,1-3H3,(H,23,26)/b8-7+. The van der Waals surface area contributed by atoms with Crippen LogP contribution in [0.1, 0.15) is 29.3 Å². The number of aryl methyl sites for hydroxylation is 1. The molecule has 0 unspecified atom stereocenters. The summed E-state index contributed by atoms with van der Waals surface area (Å²) in [4.78, 5) is 26.7. The van der Waals surface area contributed by atoms with Gasteiger partial charge in [0.25, 0.3) is 5.56 Å². The second kappa shape index (κ2) is 6.61. The molecule has 1 aromatic carbocycles. The third-order valence-corrected chi connectivity index (χ3v) is 4.46. The lowest BCUT2D eigenvalue weighted by Crippen LogP contribution is -2.13. The Bertz CT molecular complexity index is 1140. The number of carbonyl (C=O) groups is 1. The van der Waals surface area contributed by atoms with Crippen LogP contribution in [-0.2, 0) is 15.7 Å². The first-order chi connectivity index (χ1) is 12.6. The zero-order chi connectivity index (χ0) is 19.9. The normalized spacial score (nSPS) is 12.4. The molecule has 8 heteroatoms. The molecule has 0 bridgehead atoms. The molecule has 3 rings (SSSR count). The SMILES string of the molecule is CCOC(=O)/C=C/c1c(C)c(C)c2c(=O)[nH]c3cc(C(F)(F)F)ccc3n12. The minimum absolute atomic E-state index is 0.0584. The average Bonchev–Trinajstić information content (AvgIpc) is 2.84. The number of carbonyl (C=O) groups excluding carboxylic acids is 1. The van der Waals surface area contributed by atoms with Crippen LogP contribution in [0, 0.1) is 13.8 Å². The molecule has 0 fully saturated rings. The third kappa shape index (κ3) is 3.22. The van der Waals surface area contributed by atoms with Gasteiger partial charge in [-0.15, -0.1) is 0 Å². The molecule has 27 heavy (non-hydrogen) atoms. The van der Waals surface area contributed by atoms with Gasteiger partial charge in [-0.25, -0.2) is 4.79 Å². The Morgan fingerprint density at radius 1 is 1.26 bits per heavy atom. The smallest absolute Gasteiger partial charge is 0.416 e. The van der Waals surface area contributed by atoms with E-state index in [9.17, 15) is 22.8 Å². The molecule has 2 heterocycles. The van der Waals surface area contributed by atoms with Crippen LogP contribution < -0.4 is 5.56 Å². The monoisotopic (exact) mass is 378 g/mol. The summed E-state index contributed by atoms with van der Waals surface area (Å²) in [6.45, 7) is 5.43. The maximum Gasteiger partial charge on any atom is 0.416 e. The van der Waals surface area contributed by atoms with Crippen LogP contribution in [0.5, 0.6) is 0 Å². The van der Waals surface area contributed by atoms with Gasteiger partial charge in [0.05, 0.1) is 23.2 Å². The number of benzene rings is 1. The van der Waals surface area contributed by atoms with E-state index >= 15 is 0 Å². The summed E-state index contributed by atoms with van der Waals surface area (Å²) in [5.41, 5.74) is 1.39. The first-order valence-corrected chi connectivity index (χ1v) is 8.24. The highest BCUT2D eigenvalue weighted by Crippen LogP contribution is 2.32. The molecule has 0 saturated carbocycles. The van der Waals surface area contributed by atoms with Crippen molar-refractivity contribution in [3.8, 4) is 0 Å². The highest BCUT2D eigenvalue weighted by molar-refractivity contribution is 5.89. The van der Waals surface area contributed by atoms with Crippen molar-refractivity contribution in [3.63, 3.8) is 0 Å². The summed E-state index contributed by atoms with van der Waals surface area (Å²) in [5, 5.41) is 0. The van der Waals surface area contributed by atoms with Crippen LogP contribution >= 0.6 is 0 Å². The van der Waals surface area contributed by atoms with Crippen molar-refractivity contribution in [1.29, 1.82) is 0 Å². The average molecular weight is 378 g/mol. The lowest BCUT2D eigenvalue weighted by molar-refractivity contribution is -0.138. The molecule has 0 saturated heterocycles. The fourth-order valence-corrected chi connectivity index (χ4v) is 3.07. The second-order valence-electron chi connectivity index (χ2n) is 6.09. The van der Waals surface area contributed by atoms with Crippen LogP contribution in [0.15, 0.2) is 29.1 Å². The number of esters is 1. The van der Waals surface area contributed by atoms with Crippen molar-refractivity contribution in [3.05, 3.63) is 57.0 Å². The number of nitrogens with one attached hydrogen (secondary N) is 1. The van der Waals surface area contributed by atoms with Gasteiger partial charge in [-0.2, -0.15) is 13.2 Å². The molecule has 0 spiro atoms. The molecule has 0 amide bonds. The van der Waals surface area contributed by atoms with E-state index in [0.717, 1.165) is 17.7 Å². The fourth-order valence-electron chi connectivity index (χ4n) is 3.07. The number of fused-ring (bicyclic) bond motifs is 3. The van der Waals surface area contributed by atoms with Gasteiger partial charge < -0.3 is 14.1 Å². The molecular formula is C19H17F3N2O3. The summed E-state index contributed by atoms with van der Waals surface area (Å²) >= 11 is 0. The van der Waals surface area contributed by atoms with E-state index in [4.69, 9.17) is 4.74 Å². The highest BCUT2D eigenvalue weighted by Gasteiger charge is 2.31. The van der Waals surface area contributed by atoms with Crippen LogP contribution in [0.4, 0.5) is 13.2 Å². The molecule has 1 N–H and O–H groups in total. The van der Waals surface area contributed by atoms with Gasteiger partial charge in [0.15, 0.2) is 0 Å². The first-order valence-electron chi connectivity index (χ1n) is 8.24. The molecule has 0 aliphatic rings. The van der Waals surface area contributed by atoms with Gasteiger partial charge in [0.1, 0.15) is 5.52 Å². The van der Waals surface area contributed by atoms with Crippen LogP contribution in [0.25, 0.3) is 22.6 Å².